The zero-order valence-electron chi connectivity index (χ0n) is 3.43. The summed E-state index contributed by atoms with van der Waals surface area (Å²) in [6, 6.07) is 0. The van der Waals surface area contributed by atoms with E-state index in [-0.39, 0.29) is 16.2 Å². The van der Waals surface area contributed by atoms with Gasteiger partial charge in [0.25, 0.3) is 0 Å². The van der Waals surface area contributed by atoms with E-state index in [4.69, 9.17) is 11.6 Å². The molecule has 2 nitrogen and oxygen atoms in total. The molecule has 0 bridgehead atoms. The Morgan fingerprint density at radius 1 is 1.38 bits per heavy atom. The molecular formula is C4H7ClO2Si. The largest absolute Gasteiger partial charge is 0.465 e. The smallest absolute Gasteiger partial charge is 0.228 e. The van der Waals surface area contributed by atoms with Crippen molar-refractivity contribution in [3.05, 3.63) is 24.0 Å². The van der Waals surface area contributed by atoms with Crippen molar-refractivity contribution in [2.75, 3.05) is 0 Å². The Labute approximate surface area is 56.8 Å². The number of hydrogen-bond acceptors (Lipinski definition) is 2. The molecule has 1 aliphatic rings. The Hall–Kier alpha value is -0.413. The molecule has 0 aliphatic carbocycles. The van der Waals surface area contributed by atoms with E-state index in [1.165, 1.54) is 18.8 Å². The standard InChI is InChI=1S/C4H3ClO2.H4Si/c5-4-3-6-1-2-7-4;/h1-3H;1H4. The van der Waals surface area contributed by atoms with Crippen LogP contribution in [0.3, 0.4) is 0 Å². The number of halogens is 1. The van der Waals surface area contributed by atoms with Crippen molar-refractivity contribution in [2.45, 2.75) is 0 Å². The first-order chi connectivity index (χ1) is 3.39. The molecule has 0 saturated carbocycles. The van der Waals surface area contributed by atoms with Crippen LogP contribution in [-0.4, -0.2) is 11.0 Å². The monoisotopic (exact) mass is 150 g/mol. The maximum Gasteiger partial charge on any atom is 0.228 e. The number of ether oxygens (including phenoxy) is 2. The molecule has 4 heteroatoms. The summed E-state index contributed by atoms with van der Waals surface area (Å²) in [5, 5.41) is 0.252. The SMILES string of the molecule is ClC1=COC=CO1.[SiH4]. The topological polar surface area (TPSA) is 18.5 Å². The van der Waals surface area contributed by atoms with Gasteiger partial charge >= 0.3 is 0 Å². The number of rotatable bonds is 0. The minimum Gasteiger partial charge on any atom is -0.465 e. The van der Waals surface area contributed by atoms with Gasteiger partial charge in [0.2, 0.25) is 5.22 Å². The molecule has 8 heavy (non-hydrogen) atoms. The summed E-state index contributed by atoms with van der Waals surface area (Å²) in [7, 11) is 0. The lowest BCUT2D eigenvalue weighted by Crippen LogP contribution is -1.82. The Bertz CT molecular complexity index is 121. The van der Waals surface area contributed by atoms with Crippen LogP contribution in [0, 0.1) is 0 Å². The third-order valence-corrected chi connectivity index (χ3v) is 0.654. The highest BCUT2D eigenvalue weighted by Crippen LogP contribution is 2.07. The average molecular weight is 151 g/mol. The van der Waals surface area contributed by atoms with Crippen LogP contribution in [0.4, 0.5) is 0 Å². The van der Waals surface area contributed by atoms with E-state index < -0.39 is 0 Å². The normalized spacial score (nSPS) is 14.9. The summed E-state index contributed by atoms with van der Waals surface area (Å²) in [5.41, 5.74) is 0. The van der Waals surface area contributed by atoms with Gasteiger partial charge < -0.3 is 9.47 Å². The maximum atomic E-state index is 5.28. The summed E-state index contributed by atoms with van der Waals surface area (Å²) in [6.45, 7) is 0. The second-order valence-electron chi connectivity index (χ2n) is 0.948. The molecule has 0 unspecified atom stereocenters. The first-order valence-corrected chi connectivity index (χ1v) is 2.10. The van der Waals surface area contributed by atoms with Crippen molar-refractivity contribution in [1.29, 1.82) is 0 Å². The van der Waals surface area contributed by atoms with Crippen molar-refractivity contribution in [3.8, 4) is 0 Å². The molecule has 1 aliphatic heterocycles. The second kappa shape index (κ2) is 3.57. The van der Waals surface area contributed by atoms with E-state index in [0.717, 1.165) is 0 Å². The predicted octanol–water partition coefficient (Wildman–Crippen LogP) is 0.0905. The van der Waals surface area contributed by atoms with Crippen LogP contribution < -0.4 is 0 Å². The molecule has 0 aromatic rings. The highest BCUT2D eigenvalue weighted by molar-refractivity contribution is 6.28. The minimum atomic E-state index is 0. The Morgan fingerprint density at radius 3 is 2.38 bits per heavy atom. The zero-order chi connectivity index (χ0) is 5.11. The summed E-state index contributed by atoms with van der Waals surface area (Å²) in [6.07, 6.45) is 4.07. The van der Waals surface area contributed by atoms with Crippen LogP contribution in [0.5, 0.6) is 0 Å². The van der Waals surface area contributed by atoms with Crippen molar-refractivity contribution in [3.63, 3.8) is 0 Å². The molecule has 0 saturated heterocycles. The molecule has 0 aromatic heterocycles. The Kier molecular flexibility index (Phi) is 3.39. The van der Waals surface area contributed by atoms with Crippen molar-refractivity contribution >= 4 is 22.6 Å². The fourth-order valence-corrected chi connectivity index (χ4v) is 0.348. The van der Waals surface area contributed by atoms with E-state index in [1.54, 1.807) is 0 Å². The highest BCUT2D eigenvalue weighted by atomic mass is 35.5. The van der Waals surface area contributed by atoms with E-state index in [1.807, 2.05) is 0 Å². The predicted molar refractivity (Wildman–Crippen MR) is 36.6 cm³/mol. The van der Waals surface area contributed by atoms with Gasteiger partial charge in [-0.05, 0) is 22.6 Å². The van der Waals surface area contributed by atoms with Crippen LogP contribution in [0.2, 0.25) is 0 Å². The highest BCUT2D eigenvalue weighted by Gasteiger charge is 1.91. The lowest BCUT2D eigenvalue weighted by Gasteiger charge is -2.00. The third kappa shape index (κ3) is 2.04. The van der Waals surface area contributed by atoms with E-state index in [9.17, 15) is 0 Å². The van der Waals surface area contributed by atoms with Gasteiger partial charge in [-0.25, -0.2) is 0 Å². The Balaban J connectivity index is 0.000000490. The summed E-state index contributed by atoms with van der Waals surface area (Å²) >= 11 is 5.28. The van der Waals surface area contributed by atoms with Crippen molar-refractivity contribution < 1.29 is 9.47 Å². The maximum absolute atomic E-state index is 5.28. The van der Waals surface area contributed by atoms with Crippen LogP contribution in [-0.2, 0) is 9.47 Å². The van der Waals surface area contributed by atoms with E-state index >= 15 is 0 Å². The van der Waals surface area contributed by atoms with Gasteiger partial charge in [-0.2, -0.15) is 0 Å². The summed E-state index contributed by atoms with van der Waals surface area (Å²) in [5.74, 6) is 0. The van der Waals surface area contributed by atoms with Gasteiger partial charge in [0.05, 0.1) is 0 Å². The van der Waals surface area contributed by atoms with Crippen LogP contribution in [0.15, 0.2) is 24.0 Å². The fraction of sp³-hybridized carbons (Fsp3) is 0. The van der Waals surface area contributed by atoms with Crippen LogP contribution in [0.25, 0.3) is 0 Å². The zero-order valence-corrected chi connectivity index (χ0v) is 4.18. The molecule has 0 N–H and O–H groups in total. The first kappa shape index (κ1) is 7.59. The molecule has 0 radical (unpaired) electrons. The van der Waals surface area contributed by atoms with E-state index in [0.29, 0.717) is 0 Å². The second-order valence-corrected chi connectivity index (χ2v) is 1.32. The molecule has 1 rings (SSSR count). The molecule has 46 valence electrons. The molecule has 0 amide bonds. The third-order valence-electron chi connectivity index (χ3n) is 0.475. The van der Waals surface area contributed by atoms with Crippen molar-refractivity contribution in [1.82, 2.24) is 0 Å². The van der Waals surface area contributed by atoms with E-state index in [2.05, 4.69) is 9.47 Å². The van der Waals surface area contributed by atoms with Crippen molar-refractivity contribution in [2.24, 2.45) is 0 Å². The molecule has 0 spiro atoms. The lowest BCUT2D eigenvalue weighted by atomic mass is 10.9. The summed E-state index contributed by atoms with van der Waals surface area (Å²) < 4.78 is 9.18. The Morgan fingerprint density at radius 2 is 2.12 bits per heavy atom. The minimum absolute atomic E-state index is 0. The molecule has 1 heterocycles. The van der Waals surface area contributed by atoms with Gasteiger partial charge in [-0.3, -0.25) is 0 Å². The van der Waals surface area contributed by atoms with Crippen LogP contribution >= 0.6 is 11.6 Å². The van der Waals surface area contributed by atoms with Crippen LogP contribution in [0.1, 0.15) is 0 Å². The van der Waals surface area contributed by atoms with Gasteiger partial charge in [-0.1, -0.05) is 0 Å². The van der Waals surface area contributed by atoms with Gasteiger partial charge in [0.1, 0.15) is 18.8 Å². The first-order valence-electron chi connectivity index (χ1n) is 1.72. The van der Waals surface area contributed by atoms with Gasteiger partial charge in [-0.15, -0.1) is 0 Å². The molecule has 0 fully saturated rings. The fourth-order valence-electron chi connectivity index (χ4n) is 0.245. The molecule has 0 aromatic carbocycles. The quantitative estimate of drug-likeness (QED) is 0.456. The van der Waals surface area contributed by atoms with Gasteiger partial charge in [0.15, 0.2) is 0 Å². The average Bonchev–Trinajstić information content (AvgIpc) is 1.69. The number of hydrogen-bond donors (Lipinski definition) is 0. The van der Waals surface area contributed by atoms with Gasteiger partial charge in [0, 0.05) is 0 Å². The summed E-state index contributed by atoms with van der Waals surface area (Å²) in [4.78, 5) is 0. The molecular weight excluding hydrogens is 144 g/mol. The molecule has 0 atom stereocenters. The lowest BCUT2D eigenvalue weighted by molar-refractivity contribution is 0.279.